The van der Waals surface area contributed by atoms with Crippen molar-refractivity contribution in [3.05, 3.63) is 44.9 Å². The maximum atomic E-state index is 12.2. The van der Waals surface area contributed by atoms with Gasteiger partial charge in [0.15, 0.2) is 0 Å². The molecule has 3 rings (SSSR count). The van der Waals surface area contributed by atoms with Crippen LogP contribution in [-0.2, 0) is 6.54 Å². The molecule has 0 radical (unpaired) electrons. The molecular weight excluding hydrogens is 330 g/mol. The molecule has 4 nitrogen and oxygen atoms in total. The van der Waals surface area contributed by atoms with Gasteiger partial charge in [-0.1, -0.05) is 13.8 Å². The van der Waals surface area contributed by atoms with E-state index in [0.29, 0.717) is 17.5 Å². The van der Waals surface area contributed by atoms with Crippen LogP contribution in [-0.4, -0.2) is 27.4 Å². The van der Waals surface area contributed by atoms with Crippen LogP contribution in [0.3, 0.4) is 0 Å². The third-order valence-electron chi connectivity index (χ3n) is 4.01. The van der Waals surface area contributed by atoms with Gasteiger partial charge in [0, 0.05) is 36.4 Å². The first-order valence-electron chi connectivity index (χ1n) is 7.41. The van der Waals surface area contributed by atoms with E-state index >= 15 is 0 Å². The summed E-state index contributed by atoms with van der Waals surface area (Å²) in [6.45, 7) is 7.53. The van der Waals surface area contributed by atoms with Gasteiger partial charge in [0.05, 0.1) is 5.69 Å². The van der Waals surface area contributed by atoms with Gasteiger partial charge in [-0.3, -0.25) is 14.1 Å². The third-order valence-corrected chi connectivity index (χ3v) is 4.48. The van der Waals surface area contributed by atoms with Crippen LogP contribution in [0.1, 0.15) is 26.0 Å². The van der Waals surface area contributed by atoms with Crippen LogP contribution >= 0.6 is 15.9 Å². The predicted molar refractivity (Wildman–Crippen MR) is 87.4 cm³/mol. The Kier molecular flexibility index (Phi) is 4.13. The van der Waals surface area contributed by atoms with Gasteiger partial charge in [-0.25, -0.2) is 4.98 Å². The highest BCUT2D eigenvalue weighted by Crippen LogP contribution is 2.22. The molecule has 1 aliphatic heterocycles. The monoisotopic (exact) mass is 349 g/mol. The van der Waals surface area contributed by atoms with Crippen LogP contribution in [0.15, 0.2) is 33.7 Å². The largest absolute Gasteiger partial charge is 0.297 e. The molecule has 0 spiro atoms. The van der Waals surface area contributed by atoms with Crippen LogP contribution in [0, 0.1) is 11.8 Å². The molecule has 0 aromatic carbocycles. The lowest BCUT2D eigenvalue weighted by Crippen LogP contribution is -2.38. The van der Waals surface area contributed by atoms with E-state index in [1.165, 1.54) is 6.42 Å². The molecule has 0 amide bonds. The van der Waals surface area contributed by atoms with Gasteiger partial charge >= 0.3 is 0 Å². The average molecular weight is 350 g/mol. The van der Waals surface area contributed by atoms with Crippen molar-refractivity contribution in [1.82, 2.24) is 14.3 Å². The van der Waals surface area contributed by atoms with E-state index in [1.807, 2.05) is 12.1 Å². The van der Waals surface area contributed by atoms with Crippen molar-refractivity contribution in [3.8, 4) is 0 Å². The Morgan fingerprint density at radius 3 is 2.71 bits per heavy atom. The van der Waals surface area contributed by atoms with Crippen LogP contribution in [0.2, 0.25) is 0 Å². The molecule has 5 heteroatoms. The van der Waals surface area contributed by atoms with Gasteiger partial charge in [0.1, 0.15) is 5.65 Å². The van der Waals surface area contributed by atoms with Crippen LogP contribution < -0.4 is 5.56 Å². The molecule has 3 heterocycles. The molecule has 2 aromatic heterocycles. The first kappa shape index (κ1) is 14.7. The predicted octanol–water partition coefficient (Wildman–Crippen LogP) is 2.93. The SMILES string of the molecule is C[C@@H]1C[C@H](C)CN(Cc2cc(=O)n3cc(Br)ccc3n2)C1. The summed E-state index contributed by atoms with van der Waals surface area (Å²) in [5.41, 5.74) is 1.55. The minimum Gasteiger partial charge on any atom is -0.297 e. The second-order valence-electron chi connectivity index (χ2n) is 6.30. The van der Waals surface area contributed by atoms with Crippen molar-refractivity contribution in [2.24, 2.45) is 11.8 Å². The highest BCUT2D eigenvalue weighted by atomic mass is 79.9. The topological polar surface area (TPSA) is 37.6 Å². The molecule has 2 aromatic rings. The van der Waals surface area contributed by atoms with Gasteiger partial charge in [-0.15, -0.1) is 0 Å². The number of piperidine rings is 1. The molecule has 21 heavy (non-hydrogen) atoms. The fourth-order valence-corrected chi connectivity index (χ4v) is 3.69. The molecule has 0 unspecified atom stereocenters. The van der Waals surface area contributed by atoms with Gasteiger partial charge in [-0.2, -0.15) is 0 Å². The van der Waals surface area contributed by atoms with Crippen molar-refractivity contribution in [2.45, 2.75) is 26.8 Å². The maximum Gasteiger partial charge on any atom is 0.258 e. The molecule has 1 aliphatic rings. The zero-order valence-electron chi connectivity index (χ0n) is 12.4. The van der Waals surface area contributed by atoms with Crippen LogP contribution in [0.25, 0.3) is 5.65 Å². The number of hydrogen-bond acceptors (Lipinski definition) is 3. The lowest BCUT2D eigenvalue weighted by atomic mass is 9.92. The second-order valence-corrected chi connectivity index (χ2v) is 7.22. The Morgan fingerprint density at radius 2 is 2.00 bits per heavy atom. The average Bonchev–Trinajstić information content (AvgIpc) is 2.38. The molecule has 1 saturated heterocycles. The van der Waals surface area contributed by atoms with Gasteiger partial charge in [0.25, 0.3) is 5.56 Å². The van der Waals surface area contributed by atoms with E-state index in [2.05, 4.69) is 39.7 Å². The Labute approximate surface area is 132 Å². The third kappa shape index (κ3) is 3.35. The molecule has 2 atom stereocenters. The zero-order chi connectivity index (χ0) is 15.0. The number of likely N-dealkylation sites (tertiary alicyclic amines) is 1. The van der Waals surface area contributed by atoms with Gasteiger partial charge in [-0.05, 0) is 46.3 Å². The summed E-state index contributed by atoms with van der Waals surface area (Å²) in [6.07, 6.45) is 3.05. The number of hydrogen-bond donors (Lipinski definition) is 0. The van der Waals surface area contributed by atoms with Gasteiger partial charge in [0.2, 0.25) is 0 Å². The Morgan fingerprint density at radius 1 is 1.29 bits per heavy atom. The molecule has 112 valence electrons. The summed E-state index contributed by atoms with van der Waals surface area (Å²) in [5.74, 6) is 1.43. The molecule has 0 bridgehead atoms. The van der Waals surface area contributed by atoms with Crippen molar-refractivity contribution >= 4 is 21.6 Å². The van der Waals surface area contributed by atoms with Crippen molar-refractivity contribution in [3.63, 3.8) is 0 Å². The molecule has 0 saturated carbocycles. The number of halogens is 1. The van der Waals surface area contributed by atoms with Crippen LogP contribution in [0.4, 0.5) is 0 Å². The zero-order valence-corrected chi connectivity index (χ0v) is 14.0. The van der Waals surface area contributed by atoms with Crippen molar-refractivity contribution in [2.75, 3.05) is 13.1 Å². The Balaban J connectivity index is 1.87. The summed E-state index contributed by atoms with van der Waals surface area (Å²) in [7, 11) is 0. The summed E-state index contributed by atoms with van der Waals surface area (Å²) in [4.78, 5) is 19.2. The number of rotatable bonds is 2. The number of pyridine rings is 1. The smallest absolute Gasteiger partial charge is 0.258 e. The van der Waals surface area contributed by atoms with Gasteiger partial charge < -0.3 is 0 Å². The normalized spacial score (nSPS) is 23.6. The standard InChI is InChI=1S/C16H20BrN3O/c1-11-5-12(2)8-19(7-11)10-14-6-16(21)20-9-13(17)3-4-15(20)18-14/h3-4,6,9,11-12H,5,7-8,10H2,1-2H3/t11-,12+. The van der Waals surface area contributed by atoms with E-state index in [0.717, 1.165) is 29.8 Å². The highest BCUT2D eigenvalue weighted by molar-refractivity contribution is 9.10. The minimum absolute atomic E-state index is 0.0191. The number of nitrogens with zero attached hydrogens (tertiary/aromatic N) is 3. The van der Waals surface area contributed by atoms with Crippen molar-refractivity contribution < 1.29 is 0 Å². The number of aromatic nitrogens is 2. The molecule has 1 fully saturated rings. The first-order chi connectivity index (χ1) is 10.0. The first-order valence-corrected chi connectivity index (χ1v) is 8.21. The summed E-state index contributed by atoms with van der Waals surface area (Å²) in [5, 5.41) is 0. The molecule has 0 N–H and O–H groups in total. The van der Waals surface area contributed by atoms with E-state index in [1.54, 1.807) is 16.7 Å². The van der Waals surface area contributed by atoms with E-state index in [9.17, 15) is 4.79 Å². The molecule has 0 aliphatic carbocycles. The summed E-state index contributed by atoms with van der Waals surface area (Å²) < 4.78 is 2.46. The Bertz CT molecular complexity index is 702. The second kappa shape index (κ2) is 5.89. The molecular formula is C16H20BrN3O. The lowest BCUT2D eigenvalue weighted by molar-refractivity contribution is 0.133. The summed E-state index contributed by atoms with van der Waals surface area (Å²) in [6, 6.07) is 5.44. The number of fused-ring (bicyclic) bond motifs is 1. The summed E-state index contributed by atoms with van der Waals surface area (Å²) >= 11 is 3.38. The van der Waals surface area contributed by atoms with Crippen molar-refractivity contribution in [1.29, 1.82) is 0 Å². The Hall–Kier alpha value is -1.20. The highest BCUT2D eigenvalue weighted by Gasteiger charge is 2.22. The fourth-order valence-electron chi connectivity index (χ4n) is 3.36. The van der Waals surface area contributed by atoms with E-state index in [-0.39, 0.29) is 5.56 Å². The van der Waals surface area contributed by atoms with E-state index < -0.39 is 0 Å². The fraction of sp³-hybridized carbons (Fsp3) is 0.500. The quantitative estimate of drug-likeness (QED) is 0.836. The van der Waals surface area contributed by atoms with Crippen LogP contribution in [0.5, 0.6) is 0 Å². The lowest BCUT2D eigenvalue weighted by Gasteiger charge is -2.34. The maximum absolute atomic E-state index is 12.2. The minimum atomic E-state index is -0.0191. The van der Waals surface area contributed by atoms with E-state index in [4.69, 9.17) is 0 Å².